The number of imidazole rings is 1. The van der Waals surface area contributed by atoms with Crippen molar-refractivity contribution in [3.05, 3.63) is 42.1 Å². The second kappa shape index (κ2) is 5.83. The summed E-state index contributed by atoms with van der Waals surface area (Å²) in [7, 11) is -1.39. The Balaban J connectivity index is 2.26. The molecule has 0 bridgehead atoms. The zero-order chi connectivity index (χ0) is 18.4. The normalized spacial score (nSPS) is 14.6. The van der Waals surface area contributed by atoms with E-state index in [1.54, 1.807) is 42.8 Å². The SMILES string of the molecule is CCS(=N)(=O)c1ccccc1-c1nc2cc(C(F)(F)F)cnc2n1C. The lowest BCUT2D eigenvalue weighted by atomic mass is 10.2. The van der Waals surface area contributed by atoms with Gasteiger partial charge in [-0.1, -0.05) is 19.1 Å². The largest absolute Gasteiger partial charge is 0.417 e. The van der Waals surface area contributed by atoms with Gasteiger partial charge in [-0.05, 0) is 18.2 Å². The van der Waals surface area contributed by atoms with Crippen molar-refractivity contribution in [2.45, 2.75) is 18.0 Å². The van der Waals surface area contributed by atoms with E-state index in [9.17, 15) is 17.4 Å². The molecule has 0 saturated heterocycles. The average Bonchev–Trinajstić information content (AvgIpc) is 2.90. The van der Waals surface area contributed by atoms with E-state index in [2.05, 4.69) is 9.97 Å². The number of rotatable bonds is 3. The molecule has 0 aliphatic heterocycles. The molecule has 2 aromatic heterocycles. The molecule has 1 atom stereocenters. The van der Waals surface area contributed by atoms with Gasteiger partial charge in [0.2, 0.25) is 0 Å². The van der Waals surface area contributed by atoms with Crippen LogP contribution in [0.4, 0.5) is 13.2 Å². The third-order valence-electron chi connectivity index (χ3n) is 3.93. The van der Waals surface area contributed by atoms with E-state index in [1.165, 1.54) is 0 Å². The summed E-state index contributed by atoms with van der Waals surface area (Å²) in [4.78, 5) is 8.44. The number of nitrogens with zero attached hydrogens (tertiary/aromatic N) is 3. The summed E-state index contributed by atoms with van der Waals surface area (Å²) in [5.41, 5.74) is -0.0462. The number of hydrogen-bond donors (Lipinski definition) is 1. The summed E-state index contributed by atoms with van der Waals surface area (Å²) in [6.07, 6.45) is -3.74. The molecular weight excluding hydrogens is 353 g/mol. The number of halogens is 3. The van der Waals surface area contributed by atoms with E-state index in [4.69, 9.17) is 4.78 Å². The first-order chi connectivity index (χ1) is 11.6. The molecule has 2 heterocycles. The maximum atomic E-state index is 12.9. The number of aryl methyl sites for hydroxylation is 1. The fraction of sp³-hybridized carbons (Fsp3) is 0.250. The number of pyridine rings is 1. The van der Waals surface area contributed by atoms with Crippen LogP contribution in [0.2, 0.25) is 0 Å². The van der Waals surface area contributed by atoms with Crippen LogP contribution in [0.15, 0.2) is 41.4 Å². The Kier molecular flexibility index (Phi) is 4.06. The van der Waals surface area contributed by atoms with Crippen molar-refractivity contribution >= 4 is 20.9 Å². The Morgan fingerprint density at radius 2 is 1.96 bits per heavy atom. The minimum Gasteiger partial charge on any atom is -0.312 e. The molecule has 1 unspecified atom stereocenters. The molecule has 0 aliphatic rings. The van der Waals surface area contributed by atoms with Crippen LogP contribution >= 0.6 is 0 Å². The summed E-state index contributed by atoms with van der Waals surface area (Å²) < 4.78 is 60.7. The Hall–Kier alpha value is -2.42. The van der Waals surface area contributed by atoms with Crippen LogP contribution in [0.5, 0.6) is 0 Å². The Bertz CT molecular complexity index is 1050. The third kappa shape index (κ3) is 2.99. The highest BCUT2D eigenvalue weighted by molar-refractivity contribution is 7.92. The second-order valence-corrected chi connectivity index (χ2v) is 7.89. The number of aromatic nitrogens is 3. The van der Waals surface area contributed by atoms with Gasteiger partial charge in [-0.15, -0.1) is 0 Å². The predicted octanol–water partition coefficient (Wildman–Crippen LogP) is 4.08. The predicted molar refractivity (Wildman–Crippen MR) is 88.6 cm³/mol. The summed E-state index contributed by atoms with van der Waals surface area (Å²) in [6.45, 7) is 1.65. The highest BCUT2D eigenvalue weighted by atomic mass is 32.2. The molecule has 0 spiro atoms. The molecule has 1 N–H and O–H groups in total. The molecule has 0 fully saturated rings. The lowest BCUT2D eigenvalue weighted by Crippen LogP contribution is -2.06. The highest BCUT2D eigenvalue weighted by Crippen LogP contribution is 2.33. The number of nitrogens with one attached hydrogen (secondary N) is 1. The van der Waals surface area contributed by atoms with Crippen LogP contribution < -0.4 is 0 Å². The topological polar surface area (TPSA) is 71.6 Å². The average molecular weight is 368 g/mol. The molecule has 3 aromatic rings. The van der Waals surface area contributed by atoms with Crippen molar-refractivity contribution in [3.63, 3.8) is 0 Å². The van der Waals surface area contributed by atoms with Crippen molar-refractivity contribution in [2.24, 2.45) is 7.05 Å². The fourth-order valence-electron chi connectivity index (χ4n) is 2.57. The molecule has 0 saturated carbocycles. The minimum absolute atomic E-state index is 0.0927. The van der Waals surface area contributed by atoms with Crippen LogP contribution in [0.1, 0.15) is 12.5 Å². The van der Waals surface area contributed by atoms with Gasteiger partial charge in [-0.25, -0.2) is 19.0 Å². The zero-order valence-electron chi connectivity index (χ0n) is 13.5. The fourth-order valence-corrected chi connectivity index (χ4v) is 3.69. The summed E-state index contributed by atoms with van der Waals surface area (Å²) in [6, 6.07) is 7.56. The van der Waals surface area contributed by atoms with E-state index in [0.717, 1.165) is 12.3 Å². The van der Waals surface area contributed by atoms with Crippen LogP contribution in [0.25, 0.3) is 22.6 Å². The molecule has 0 amide bonds. The van der Waals surface area contributed by atoms with Crippen molar-refractivity contribution in [2.75, 3.05) is 5.75 Å². The molecule has 9 heteroatoms. The molecule has 5 nitrogen and oxygen atoms in total. The Morgan fingerprint density at radius 1 is 1.28 bits per heavy atom. The van der Waals surface area contributed by atoms with Crippen molar-refractivity contribution in [3.8, 4) is 11.4 Å². The first-order valence-corrected chi connectivity index (χ1v) is 9.13. The summed E-state index contributed by atoms with van der Waals surface area (Å²) >= 11 is 0. The van der Waals surface area contributed by atoms with Crippen LogP contribution in [-0.4, -0.2) is 24.5 Å². The summed E-state index contributed by atoms with van der Waals surface area (Å²) in [5.74, 6) is 0.454. The molecule has 0 radical (unpaired) electrons. The van der Waals surface area contributed by atoms with Gasteiger partial charge >= 0.3 is 6.18 Å². The molecular formula is C16H15F3N4OS. The van der Waals surface area contributed by atoms with Gasteiger partial charge in [-0.2, -0.15) is 13.2 Å². The molecule has 1 aromatic carbocycles. The smallest absolute Gasteiger partial charge is 0.312 e. The zero-order valence-corrected chi connectivity index (χ0v) is 14.3. The van der Waals surface area contributed by atoms with Crippen molar-refractivity contribution in [1.29, 1.82) is 4.78 Å². The van der Waals surface area contributed by atoms with Crippen LogP contribution in [0, 0.1) is 4.78 Å². The van der Waals surface area contributed by atoms with Gasteiger partial charge in [0.15, 0.2) is 5.65 Å². The maximum absolute atomic E-state index is 12.9. The van der Waals surface area contributed by atoms with Crippen molar-refractivity contribution < 1.29 is 17.4 Å². The van der Waals surface area contributed by atoms with Gasteiger partial charge in [0, 0.05) is 24.6 Å². The first kappa shape index (κ1) is 17.4. The molecule has 0 aliphatic carbocycles. The van der Waals surface area contributed by atoms with Gasteiger partial charge in [-0.3, -0.25) is 0 Å². The van der Waals surface area contributed by atoms with Gasteiger partial charge in [0.1, 0.15) is 11.3 Å². The number of benzene rings is 1. The maximum Gasteiger partial charge on any atom is 0.417 e. The highest BCUT2D eigenvalue weighted by Gasteiger charge is 2.32. The van der Waals surface area contributed by atoms with E-state index in [1.807, 2.05) is 0 Å². The lowest BCUT2D eigenvalue weighted by Gasteiger charge is -2.11. The monoisotopic (exact) mass is 368 g/mol. The van der Waals surface area contributed by atoms with E-state index in [-0.39, 0.29) is 16.9 Å². The van der Waals surface area contributed by atoms with Crippen molar-refractivity contribution in [1.82, 2.24) is 14.5 Å². The second-order valence-electron chi connectivity index (χ2n) is 5.52. The van der Waals surface area contributed by atoms with Gasteiger partial charge in [0.25, 0.3) is 0 Å². The third-order valence-corrected chi connectivity index (χ3v) is 5.81. The van der Waals surface area contributed by atoms with Gasteiger partial charge in [0.05, 0.1) is 20.2 Å². The Labute approximate surface area is 142 Å². The standard InChI is InChI=1S/C16H15F3N4OS/c1-3-25(20,24)13-7-5-4-6-11(13)14-22-12-8-10(16(17,18)19)9-21-15(12)23(14)2/h4-9,20H,3H2,1-2H3. The number of fused-ring (bicyclic) bond motifs is 1. The summed E-state index contributed by atoms with van der Waals surface area (Å²) in [5, 5.41) is 0. The number of hydrogen-bond acceptors (Lipinski definition) is 4. The first-order valence-electron chi connectivity index (χ1n) is 7.40. The molecule has 3 rings (SSSR count). The Morgan fingerprint density at radius 3 is 2.60 bits per heavy atom. The minimum atomic E-state index is -4.51. The van der Waals surface area contributed by atoms with Crippen LogP contribution in [0.3, 0.4) is 0 Å². The molecule has 132 valence electrons. The number of alkyl halides is 3. The van der Waals surface area contributed by atoms with E-state index < -0.39 is 21.5 Å². The quantitative estimate of drug-likeness (QED) is 0.757. The van der Waals surface area contributed by atoms with E-state index >= 15 is 0 Å². The van der Waals surface area contributed by atoms with Crippen LogP contribution in [-0.2, 0) is 23.0 Å². The van der Waals surface area contributed by atoms with E-state index in [0.29, 0.717) is 16.3 Å². The van der Waals surface area contributed by atoms with Gasteiger partial charge < -0.3 is 4.57 Å². The molecule has 25 heavy (non-hydrogen) atoms. The lowest BCUT2D eigenvalue weighted by molar-refractivity contribution is -0.137.